The maximum absolute atomic E-state index is 12.6. The van der Waals surface area contributed by atoms with Gasteiger partial charge in [0.1, 0.15) is 14.7 Å². The third-order valence-corrected chi connectivity index (χ3v) is 7.04. The molecule has 1 aliphatic rings. The Hall–Kier alpha value is -1.36. The minimum atomic E-state index is -3.99. The topological polar surface area (TPSA) is 110 Å². The van der Waals surface area contributed by atoms with Gasteiger partial charge in [0.05, 0.1) is 11.4 Å². The molecule has 1 saturated heterocycles. The van der Waals surface area contributed by atoms with Crippen LogP contribution in [0.25, 0.3) is 0 Å². The Morgan fingerprint density at radius 3 is 2.57 bits per heavy atom. The number of nitrogens with zero attached hydrogens (tertiary/aromatic N) is 1. The van der Waals surface area contributed by atoms with Gasteiger partial charge in [-0.25, -0.2) is 8.42 Å². The van der Waals surface area contributed by atoms with E-state index in [-0.39, 0.29) is 9.20 Å². The number of piperazine rings is 1. The van der Waals surface area contributed by atoms with Gasteiger partial charge in [0, 0.05) is 0 Å². The fourth-order valence-electron chi connectivity index (χ4n) is 1.85. The molecule has 0 unspecified atom stereocenters. The van der Waals surface area contributed by atoms with Crippen LogP contribution in [0.1, 0.15) is 18.7 Å². The third-order valence-electron chi connectivity index (χ3n) is 3.09. The molecule has 21 heavy (non-hydrogen) atoms. The molecule has 3 N–H and O–H groups in total. The first-order valence-corrected chi connectivity index (χ1v) is 8.50. The number of carbonyl (C=O) groups is 2. The fourth-order valence-corrected chi connectivity index (χ4v) is 5.02. The third kappa shape index (κ3) is 2.71. The molecule has 1 aromatic heterocycles. The van der Waals surface area contributed by atoms with Crippen molar-refractivity contribution >= 4 is 50.4 Å². The largest absolute Gasteiger partial charge is 0.389 e. The van der Waals surface area contributed by atoms with E-state index < -0.39 is 33.9 Å². The van der Waals surface area contributed by atoms with Crippen molar-refractivity contribution < 1.29 is 18.0 Å². The second-order valence-corrected chi connectivity index (χ2v) is 8.54. The predicted octanol–water partition coefficient (Wildman–Crippen LogP) is -0.192. The second kappa shape index (κ2) is 5.13. The quantitative estimate of drug-likeness (QED) is 0.579. The molecule has 0 aromatic carbocycles. The first-order chi connectivity index (χ1) is 9.56. The zero-order valence-corrected chi connectivity index (χ0v) is 13.7. The number of hydrogen-bond acceptors (Lipinski definition) is 6. The van der Waals surface area contributed by atoms with Gasteiger partial charge in [-0.2, -0.15) is 4.31 Å². The van der Waals surface area contributed by atoms with Crippen molar-refractivity contribution in [3.8, 4) is 0 Å². The van der Waals surface area contributed by atoms with Gasteiger partial charge < -0.3 is 5.73 Å². The molecule has 1 fully saturated rings. The molecule has 0 bridgehead atoms. The molecule has 0 saturated carbocycles. The standard InChI is InChI=1S/C11H13N3O4S3/c1-11(2)10(16)13-7(15)5-14(11)21(17,18)8-4-3-6(20-8)9(12)19/h3-4H,5H2,1-2H3,(H2,12,19)(H,13,15,16). The van der Waals surface area contributed by atoms with Crippen LogP contribution >= 0.6 is 23.6 Å². The summed E-state index contributed by atoms with van der Waals surface area (Å²) in [5, 5.41) is 2.13. The van der Waals surface area contributed by atoms with Crippen LogP contribution in [0, 0.1) is 0 Å². The summed E-state index contributed by atoms with van der Waals surface area (Å²) < 4.78 is 26.2. The number of thiophene rings is 1. The zero-order chi connectivity index (χ0) is 16.0. The molecule has 0 atom stereocenters. The summed E-state index contributed by atoms with van der Waals surface area (Å²) >= 11 is 5.70. The maximum Gasteiger partial charge on any atom is 0.254 e. The zero-order valence-electron chi connectivity index (χ0n) is 11.2. The van der Waals surface area contributed by atoms with E-state index in [1.54, 1.807) is 0 Å². The van der Waals surface area contributed by atoms with Crippen LogP contribution in [-0.4, -0.2) is 41.6 Å². The SMILES string of the molecule is CC1(C)C(=O)NC(=O)CN1S(=O)(=O)c1ccc(C(N)=S)s1. The van der Waals surface area contributed by atoms with E-state index in [0.29, 0.717) is 4.88 Å². The van der Waals surface area contributed by atoms with Gasteiger partial charge in [0.25, 0.3) is 10.0 Å². The summed E-state index contributed by atoms with van der Waals surface area (Å²) in [5.41, 5.74) is 4.10. The highest BCUT2D eigenvalue weighted by molar-refractivity contribution is 7.91. The Bertz CT molecular complexity index is 736. The number of thiocarbonyl (C=S) groups is 1. The fraction of sp³-hybridized carbons (Fsp3) is 0.364. The van der Waals surface area contributed by atoms with E-state index >= 15 is 0 Å². The van der Waals surface area contributed by atoms with Crippen molar-refractivity contribution in [3.05, 3.63) is 17.0 Å². The van der Waals surface area contributed by atoms with Crippen molar-refractivity contribution in [3.63, 3.8) is 0 Å². The van der Waals surface area contributed by atoms with Crippen molar-refractivity contribution in [1.82, 2.24) is 9.62 Å². The minimum Gasteiger partial charge on any atom is -0.389 e. The van der Waals surface area contributed by atoms with E-state index in [2.05, 4.69) is 5.32 Å². The van der Waals surface area contributed by atoms with Crippen LogP contribution in [0.4, 0.5) is 0 Å². The number of carbonyl (C=O) groups excluding carboxylic acids is 2. The number of nitrogens with one attached hydrogen (secondary N) is 1. The number of hydrogen-bond donors (Lipinski definition) is 2. The van der Waals surface area contributed by atoms with Gasteiger partial charge in [-0.3, -0.25) is 14.9 Å². The number of sulfonamides is 1. The van der Waals surface area contributed by atoms with E-state index in [0.717, 1.165) is 15.6 Å². The lowest BCUT2D eigenvalue weighted by molar-refractivity contribution is -0.141. The Labute approximate surface area is 131 Å². The van der Waals surface area contributed by atoms with Crippen molar-refractivity contribution in [2.24, 2.45) is 5.73 Å². The molecule has 2 amide bonds. The summed E-state index contributed by atoms with van der Waals surface area (Å²) in [5.74, 6) is -1.32. The first kappa shape index (κ1) is 16.0. The maximum atomic E-state index is 12.6. The van der Waals surface area contributed by atoms with Gasteiger partial charge in [-0.05, 0) is 26.0 Å². The molecule has 1 aliphatic heterocycles. The van der Waals surface area contributed by atoms with E-state index in [4.69, 9.17) is 18.0 Å². The van der Waals surface area contributed by atoms with Crippen LogP contribution in [0.3, 0.4) is 0 Å². The van der Waals surface area contributed by atoms with E-state index in [9.17, 15) is 18.0 Å². The lowest BCUT2D eigenvalue weighted by Gasteiger charge is -2.38. The van der Waals surface area contributed by atoms with Gasteiger partial charge in [-0.15, -0.1) is 11.3 Å². The monoisotopic (exact) mass is 347 g/mol. The van der Waals surface area contributed by atoms with Crippen LogP contribution < -0.4 is 11.1 Å². The molecule has 0 aliphatic carbocycles. The number of imide groups is 1. The smallest absolute Gasteiger partial charge is 0.254 e. The lowest BCUT2D eigenvalue weighted by atomic mass is 10.0. The molecule has 1 aromatic rings. The highest BCUT2D eigenvalue weighted by Crippen LogP contribution is 2.30. The summed E-state index contributed by atoms with van der Waals surface area (Å²) in [6.45, 7) is 2.46. The van der Waals surface area contributed by atoms with Gasteiger partial charge in [-0.1, -0.05) is 12.2 Å². The Kier molecular flexibility index (Phi) is 3.91. The summed E-state index contributed by atoms with van der Waals surface area (Å²) in [7, 11) is -3.99. The summed E-state index contributed by atoms with van der Waals surface area (Å²) in [4.78, 5) is 23.9. The molecule has 0 radical (unpaired) electrons. The molecular weight excluding hydrogens is 334 g/mol. The average molecular weight is 347 g/mol. The number of rotatable bonds is 3. The summed E-state index contributed by atoms with van der Waals surface area (Å²) in [6.07, 6.45) is 0. The molecule has 7 nitrogen and oxygen atoms in total. The van der Waals surface area contributed by atoms with Gasteiger partial charge in [0.15, 0.2) is 0 Å². The van der Waals surface area contributed by atoms with Crippen LogP contribution in [0.5, 0.6) is 0 Å². The normalized spacial score (nSPS) is 19.3. The Morgan fingerprint density at radius 1 is 1.43 bits per heavy atom. The molecule has 10 heteroatoms. The molecule has 0 spiro atoms. The number of nitrogens with two attached hydrogens (primary N) is 1. The van der Waals surface area contributed by atoms with Gasteiger partial charge >= 0.3 is 0 Å². The average Bonchev–Trinajstić information content (AvgIpc) is 2.84. The van der Waals surface area contributed by atoms with Crippen molar-refractivity contribution in [2.75, 3.05) is 6.54 Å². The lowest BCUT2D eigenvalue weighted by Crippen LogP contribution is -2.65. The molecule has 2 rings (SSSR count). The Balaban J connectivity index is 2.48. The minimum absolute atomic E-state index is 0.0131. The first-order valence-electron chi connectivity index (χ1n) is 5.83. The van der Waals surface area contributed by atoms with Gasteiger partial charge in [0.2, 0.25) is 11.8 Å². The molecule has 2 heterocycles. The molecular formula is C11H13N3O4S3. The number of amides is 2. The van der Waals surface area contributed by atoms with Crippen LogP contribution in [0.15, 0.2) is 16.3 Å². The van der Waals surface area contributed by atoms with Crippen LogP contribution in [-0.2, 0) is 19.6 Å². The highest BCUT2D eigenvalue weighted by Gasteiger charge is 2.48. The summed E-state index contributed by atoms with van der Waals surface area (Å²) in [6, 6.07) is 2.86. The predicted molar refractivity (Wildman–Crippen MR) is 81.3 cm³/mol. The van der Waals surface area contributed by atoms with E-state index in [1.807, 2.05) is 0 Å². The highest BCUT2D eigenvalue weighted by atomic mass is 32.2. The van der Waals surface area contributed by atoms with E-state index in [1.165, 1.54) is 26.0 Å². The van der Waals surface area contributed by atoms with Crippen LogP contribution in [0.2, 0.25) is 0 Å². The van der Waals surface area contributed by atoms with Crippen molar-refractivity contribution in [2.45, 2.75) is 23.6 Å². The molecule has 114 valence electrons. The second-order valence-electron chi connectivity index (χ2n) is 4.93. The van der Waals surface area contributed by atoms with Crippen molar-refractivity contribution in [1.29, 1.82) is 0 Å². The Morgan fingerprint density at radius 2 is 2.05 bits per heavy atom.